The maximum atomic E-state index is 10.9. The molecule has 2 heterocycles. The second-order valence-electron chi connectivity index (χ2n) is 3.20. The monoisotopic (exact) mass is 256 g/mol. The number of carbonyl (C=O) groups is 1. The van der Waals surface area contributed by atoms with Crippen molar-refractivity contribution in [2.45, 2.75) is 12.3 Å². The summed E-state index contributed by atoms with van der Waals surface area (Å²) in [5.41, 5.74) is 1.64. The highest BCUT2D eigenvalue weighted by atomic mass is 79.9. The van der Waals surface area contributed by atoms with Gasteiger partial charge in [-0.15, -0.1) is 0 Å². The molecule has 1 atom stereocenters. The maximum Gasteiger partial charge on any atom is 0.311 e. The number of rotatable bonds is 1. The summed E-state index contributed by atoms with van der Waals surface area (Å²) in [5, 5.41) is 12.1. The lowest BCUT2D eigenvalue weighted by molar-refractivity contribution is -0.138. The molecule has 0 saturated carbocycles. The Bertz CT molecular complexity index is 381. The highest BCUT2D eigenvalue weighted by Gasteiger charge is 2.26. The Labute approximate surface area is 89.5 Å². The number of nitrogens with zero attached hydrogens (tertiary/aromatic N) is 1. The van der Waals surface area contributed by atoms with Crippen LogP contribution < -0.4 is 5.32 Å². The summed E-state index contributed by atoms with van der Waals surface area (Å²) in [6.45, 7) is 0.695. The standard InChI is InChI=1S/C9H9BrN2O2/c10-8-3-7-6(4-12-8)5(9(13)14)1-2-11-7/h3-5,11H,1-2H2,(H,13,14). The van der Waals surface area contributed by atoms with E-state index in [9.17, 15) is 4.79 Å². The van der Waals surface area contributed by atoms with Gasteiger partial charge in [0.1, 0.15) is 4.60 Å². The second-order valence-corrected chi connectivity index (χ2v) is 4.01. The summed E-state index contributed by atoms with van der Waals surface area (Å²) in [6, 6.07) is 1.81. The molecule has 1 unspecified atom stereocenters. The van der Waals surface area contributed by atoms with Crippen LogP contribution in [0.3, 0.4) is 0 Å². The number of hydrogen-bond acceptors (Lipinski definition) is 3. The molecule has 0 amide bonds. The zero-order valence-electron chi connectivity index (χ0n) is 7.33. The van der Waals surface area contributed by atoms with Gasteiger partial charge in [0.2, 0.25) is 0 Å². The van der Waals surface area contributed by atoms with E-state index in [4.69, 9.17) is 5.11 Å². The van der Waals surface area contributed by atoms with Gasteiger partial charge < -0.3 is 10.4 Å². The Morgan fingerprint density at radius 3 is 3.21 bits per heavy atom. The first kappa shape index (κ1) is 9.45. The normalized spacial score (nSPS) is 19.6. The Morgan fingerprint density at radius 1 is 1.71 bits per heavy atom. The molecule has 0 saturated heterocycles. The lowest BCUT2D eigenvalue weighted by Gasteiger charge is -2.23. The van der Waals surface area contributed by atoms with Crippen LogP contribution in [-0.4, -0.2) is 22.6 Å². The van der Waals surface area contributed by atoms with Gasteiger partial charge in [-0.2, -0.15) is 0 Å². The van der Waals surface area contributed by atoms with E-state index in [-0.39, 0.29) is 0 Å². The number of anilines is 1. The largest absolute Gasteiger partial charge is 0.481 e. The fourth-order valence-corrected chi connectivity index (χ4v) is 1.97. The first-order valence-electron chi connectivity index (χ1n) is 4.30. The molecule has 4 nitrogen and oxygen atoms in total. The molecular weight excluding hydrogens is 248 g/mol. The topological polar surface area (TPSA) is 62.2 Å². The number of nitrogens with one attached hydrogen (secondary N) is 1. The molecule has 1 aliphatic rings. The zero-order valence-corrected chi connectivity index (χ0v) is 8.91. The van der Waals surface area contributed by atoms with Gasteiger partial charge in [0.25, 0.3) is 0 Å². The third kappa shape index (κ3) is 1.59. The van der Waals surface area contributed by atoms with Crippen molar-refractivity contribution in [2.75, 3.05) is 11.9 Å². The molecule has 0 aliphatic carbocycles. The first-order valence-corrected chi connectivity index (χ1v) is 5.10. The van der Waals surface area contributed by atoms with Crippen LogP contribution in [-0.2, 0) is 4.79 Å². The minimum Gasteiger partial charge on any atom is -0.481 e. The predicted molar refractivity (Wildman–Crippen MR) is 55.4 cm³/mol. The van der Waals surface area contributed by atoms with E-state index in [0.29, 0.717) is 13.0 Å². The third-order valence-corrected chi connectivity index (χ3v) is 2.76. The molecule has 14 heavy (non-hydrogen) atoms. The van der Waals surface area contributed by atoms with Crippen LogP contribution in [0.1, 0.15) is 17.9 Å². The van der Waals surface area contributed by atoms with Crippen molar-refractivity contribution in [1.29, 1.82) is 0 Å². The minimum absolute atomic E-state index is 0.424. The van der Waals surface area contributed by atoms with Gasteiger partial charge in [-0.25, -0.2) is 4.98 Å². The maximum absolute atomic E-state index is 10.9. The average molecular weight is 257 g/mol. The van der Waals surface area contributed by atoms with Crippen LogP contribution in [0.2, 0.25) is 0 Å². The SMILES string of the molecule is O=C(O)C1CCNc2cc(Br)ncc21. The van der Waals surface area contributed by atoms with E-state index >= 15 is 0 Å². The average Bonchev–Trinajstić information content (AvgIpc) is 2.16. The van der Waals surface area contributed by atoms with E-state index in [1.54, 1.807) is 6.20 Å². The summed E-state index contributed by atoms with van der Waals surface area (Å²) in [6.07, 6.45) is 2.23. The second kappa shape index (κ2) is 3.57. The van der Waals surface area contributed by atoms with E-state index in [1.165, 1.54) is 0 Å². The lowest BCUT2D eigenvalue weighted by atomic mass is 9.93. The van der Waals surface area contributed by atoms with Crippen molar-refractivity contribution in [3.8, 4) is 0 Å². The number of aliphatic carboxylic acids is 1. The lowest BCUT2D eigenvalue weighted by Crippen LogP contribution is -2.22. The van der Waals surface area contributed by atoms with E-state index in [0.717, 1.165) is 15.9 Å². The fourth-order valence-electron chi connectivity index (χ4n) is 1.63. The first-order chi connectivity index (χ1) is 6.68. The predicted octanol–water partition coefficient (Wildman–Crippen LogP) is 1.83. The van der Waals surface area contributed by atoms with Crippen molar-refractivity contribution in [3.63, 3.8) is 0 Å². The molecule has 0 aromatic carbocycles. The highest BCUT2D eigenvalue weighted by Crippen LogP contribution is 2.32. The smallest absolute Gasteiger partial charge is 0.311 e. The number of pyridine rings is 1. The van der Waals surface area contributed by atoms with Gasteiger partial charge in [0, 0.05) is 24.0 Å². The molecule has 0 radical (unpaired) electrons. The molecule has 2 rings (SSSR count). The summed E-state index contributed by atoms with van der Waals surface area (Å²) in [5.74, 6) is -1.20. The number of fused-ring (bicyclic) bond motifs is 1. The van der Waals surface area contributed by atoms with Gasteiger partial charge >= 0.3 is 5.97 Å². The van der Waals surface area contributed by atoms with E-state index < -0.39 is 11.9 Å². The van der Waals surface area contributed by atoms with Gasteiger partial charge in [-0.1, -0.05) is 0 Å². The van der Waals surface area contributed by atoms with Crippen LogP contribution in [0.25, 0.3) is 0 Å². The van der Waals surface area contributed by atoms with Gasteiger partial charge in [0.05, 0.1) is 5.92 Å². The van der Waals surface area contributed by atoms with Crippen molar-refractivity contribution in [3.05, 3.63) is 22.4 Å². The number of carboxylic acid groups (broad SMARTS) is 1. The van der Waals surface area contributed by atoms with Crippen molar-refractivity contribution in [1.82, 2.24) is 4.98 Å². The number of halogens is 1. The number of carboxylic acids is 1. The van der Waals surface area contributed by atoms with Gasteiger partial charge in [0.15, 0.2) is 0 Å². The Morgan fingerprint density at radius 2 is 2.50 bits per heavy atom. The highest BCUT2D eigenvalue weighted by molar-refractivity contribution is 9.10. The van der Waals surface area contributed by atoms with Crippen LogP contribution in [0.15, 0.2) is 16.9 Å². The molecule has 0 fully saturated rings. The van der Waals surface area contributed by atoms with Gasteiger partial charge in [-0.05, 0) is 28.4 Å². The molecule has 74 valence electrons. The van der Waals surface area contributed by atoms with Crippen LogP contribution in [0.5, 0.6) is 0 Å². The summed E-state index contributed by atoms with van der Waals surface area (Å²) in [7, 11) is 0. The number of hydrogen-bond donors (Lipinski definition) is 2. The molecule has 2 N–H and O–H groups in total. The van der Waals surface area contributed by atoms with Gasteiger partial charge in [-0.3, -0.25) is 4.79 Å². The zero-order chi connectivity index (χ0) is 10.1. The Kier molecular flexibility index (Phi) is 2.41. The molecule has 1 aliphatic heterocycles. The molecule has 0 spiro atoms. The molecular formula is C9H9BrN2O2. The van der Waals surface area contributed by atoms with E-state index in [2.05, 4.69) is 26.2 Å². The summed E-state index contributed by atoms with van der Waals surface area (Å²) in [4.78, 5) is 15.0. The molecule has 5 heteroatoms. The minimum atomic E-state index is -0.781. The van der Waals surface area contributed by atoms with Crippen LogP contribution in [0, 0.1) is 0 Å². The Balaban J connectivity index is 2.44. The van der Waals surface area contributed by atoms with Crippen molar-refractivity contribution >= 4 is 27.6 Å². The molecule has 1 aromatic rings. The van der Waals surface area contributed by atoms with Crippen molar-refractivity contribution < 1.29 is 9.90 Å². The third-order valence-electron chi connectivity index (χ3n) is 2.32. The quantitative estimate of drug-likeness (QED) is 0.753. The molecule has 0 bridgehead atoms. The fraction of sp³-hybridized carbons (Fsp3) is 0.333. The summed E-state index contributed by atoms with van der Waals surface area (Å²) < 4.78 is 0.717. The van der Waals surface area contributed by atoms with E-state index in [1.807, 2.05) is 6.07 Å². The molecule has 1 aromatic heterocycles. The Hall–Kier alpha value is -1.10. The van der Waals surface area contributed by atoms with Crippen LogP contribution >= 0.6 is 15.9 Å². The number of aromatic nitrogens is 1. The summed E-state index contributed by atoms with van der Waals surface area (Å²) >= 11 is 3.25. The van der Waals surface area contributed by atoms with Crippen LogP contribution in [0.4, 0.5) is 5.69 Å². The van der Waals surface area contributed by atoms with Crippen molar-refractivity contribution in [2.24, 2.45) is 0 Å².